The third-order valence-electron chi connectivity index (χ3n) is 4.55. The third kappa shape index (κ3) is 13.5. The van der Waals surface area contributed by atoms with Gasteiger partial charge in [0.1, 0.15) is 6.61 Å². The molecule has 8 nitrogen and oxygen atoms in total. The number of carbonyl (C=O) groups excluding carboxylic acids is 4. The van der Waals surface area contributed by atoms with Gasteiger partial charge in [-0.2, -0.15) is 0 Å². The average molecular weight is 505 g/mol. The number of ether oxygens (including phenoxy) is 4. The highest BCUT2D eigenvalue weighted by Gasteiger charge is 2.08. The normalized spacial score (nSPS) is 9.44. The number of esters is 2. The van der Waals surface area contributed by atoms with E-state index in [0.717, 1.165) is 12.8 Å². The van der Waals surface area contributed by atoms with Crippen LogP contribution >= 0.6 is 0 Å². The number of ketones is 2. The van der Waals surface area contributed by atoms with Crippen LogP contribution in [0.2, 0.25) is 0 Å². The van der Waals surface area contributed by atoms with Crippen LogP contribution in [0, 0.1) is 0 Å². The van der Waals surface area contributed by atoms with E-state index >= 15 is 0 Å². The predicted octanol–water partition coefficient (Wildman–Crippen LogP) is 5.44. The molecule has 2 aromatic carbocycles. The van der Waals surface area contributed by atoms with Gasteiger partial charge in [0, 0.05) is 32.0 Å². The first-order valence-electron chi connectivity index (χ1n) is 10.8. The minimum atomic E-state index is -0.410. The lowest BCUT2D eigenvalue weighted by molar-refractivity contribution is 0.0387. The van der Waals surface area contributed by atoms with Gasteiger partial charge in [-0.25, -0.2) is 9.59 Å². The number of methoxy groups -OCH3 is 2. The van der Waals surface area contributed by atoms with Gasteiger partial charge in [-0.15, -0.1) is 0 Å². The molecular weight excluding hydrogens is 464 g/mol. The molecule has 200 valence electrons. The highest BCUT2D eigenvalue weighted by Crippen LogP contribution is 2.08. The van der Waals surface area contributed by atoms with Crippen molar-refractivity contribution < 1.29 is 38.1 Å². The van der Waals surface area contributed by atoms with Gasteiger partial charge in [-0.3, -0.25) is 9.59 Å². The second-order valence-electron chi connectivity index (χ2n) is 7.23. The standard InChI is InChI=1S/C14H18O4.C12H14O4.2CH4/c1-11(15)12-5-7-13(8-6-12)14(16)18-10-4-3-9-17-2;1-9(13)10-3-5-11(6-4-10)12(14)16-8-7-15-2;;/h5-8H,3-4,9-10H2,1-2H3;3-6H,7-8H2,1-2H3;2*1H4. The molecule has 0 saturated heterocycles. The molecule has 0 heterocycles. The molecule has 2 rings (SSSR count). The summed E-state index contributed by atoms with van der Waals surface area (Å²) in [7, 11) is 3.18. The van der Waals surface area contributed by atoms with Crippen molar-refractivity contribution in [1.82, 2.24) is 0 Å². The largest absolute Gasteiger partial charge is 0.462 e. The van der Waals surface area contributed by atoms with Gasteiger partial charge in [0.25, 0.3) is 0 Å². The van der Waals surface area contributed by atoms with Crippen LogP contribution < -0.4 is 0 Å². The van der Waals surface area contributed by atoms with Crippen LogP contribution in [0.3, 0.4) is 0 Å². The quantitative estimate of drug-likeness (QED) is 0.214. The molecule has 0 radical (unpaired) electrons. The van der Waals surface area contributed by atoms with E-state index in [0.29, 0.717) is 42.1 Å². The summed E-state index contributed by atoms with van der Waals surface area (Å²) in [5.74, 6) is -0.816. The van der Waals surface area contributed by atoms with E-state index in [1.807, 2.05) is 0 Å². The summed E-state index contributed by atoms with van der Waals surface area (Å²) in [6, 6.07) is 12.8. The zero-order valence-electron chi connectivity index (χ0n) is 20.1. The van der Waals surface area contributed by atoms with Crippen molar-refractivity contribution in [2.45, 2.75) is 41.5 Å². The summed E-state index contributed by atoms with van der Waals surface area (Å²) in [6.45, 7) is 4.62. The maximum absolute atomic E-state index is 11.6. The van der Waals surface area contributed by atoms with Crippen molar-refractivity contribution in [2.75, 3.05) is 40.6 Å². The Kier molecular flexibility index (Phi) is 19.2. The summed E-state index contributed by atoms with van der Waals surface area (Å²) < 4.78 is 19.7. The number of hydrogen-bond donors (Lipinski definition) is 0. The lowest BCUT2D eigenvalue weighted by atomic mass is 10.1. The van der Waals surface area contributed by atoms with Crippen LogP contribution in [0.25, 0.3) is 0 Å². The number of Topliss-reactive ketones (excluding diaryl/α,β-unsaturated/α-hetero) is 2. The number of rotatable bonds is 12. The van der Waals surface area contributed by atoms with E-state index < -0.39 is 5.97 Å². The van der Waals surface area contributed by atoms with E-state index in [1.54, 1.807) is 55.6 Å². The fourth-order valence-corrected chi connectivity index (χ4v) is 2.58. The van der Waals surface area contributed by atoms with Crippen LogP contribution in [-0.2, 0) is 18.9 Å². The molecular formula is C28H40O8. The van der Waals surface area contributed by atoms with Gasteiger partial charge in [0.15, 0.2) is 11.6 Å². The first-order chi connectivity index (χ1) is 16.3. The van der Waals surface area contributed by atoms with Crippen LogP contribution in [0.4, 0.5) is 0 Å². The fourth-order valence-electron chi connectivity index (χ4n) is 2.58. The minimum absolute atomic E-state index is 0. The Morgan fingerprint density at radius 1 is 0.528 bits per heavy atom. The average Bonchev–Trinajstić information content (AvgIpc) is 2.84. The van der Waals surface area contributed by atoms with Crippen LogP contribution in [-0.4, -0.2) is 64.2 Å². The number of unbranched alkanes of at least 4 members (excludes halogenated alkanes) is 1. The van der Waals surface area contributed by atoms with Crippen LogP contribution in [0.5, 0.6) is 0 Å². The molecule has 0 bridgehead atoms. The molecule has 0 saturated carbocycles. The Hall–Kier alpha value is -3.36. The second-order valence-corrected chi connectivity index (χ2v) is 7.23. The summed E-state index contributed by atoms with van der Waals surface area (Å²) in [5.41, 5.74) is 2.06. The molecule has 0 aliphatic rings. The Labute approximate surface area is 214 Å². The van der Waals surface area contributed by atoms with Gasteiger partial charge in [0.05, 0.1) is 24.3 Å². The van der Waals surface area contributed by atoms with Crippen molar-refractivity contribution in [2.24, 2.45) is 0 Å². The topological polar surface area (TPSA) is 105 Å². The summed E-state index contributed by atoms with van der Waals surface area (Å²) in [5, 5.41) is 0. The molecule has 0 atom stereocenters. The molecule has 2 aromatic rings. The lowest BCUT2D eigenvalue weighted by Gasteiger charge is -2.05. The Morgan fingerprint density at radius 3 is 1.22 bits per heavy atom. The Balaban J connectivity index is 0. The van der Waals surface area contributed by atoms with E-state index in [1.165, 1.54) is 21.0 Å². The zero-order valence-corrected chi connectivity index (χ0v) is 20.1. The maximum Gasteiger partial charge on any atom is 0.338 e. The molecule has 0 amide bonds. The molecule has 0 unspecified atom stereocenters. The monoisotopic (exact) mass is 504 g/mol. The van der Waals surface area contributed by atoms with Gasteiger partial charge in [-0.1, -0.05) is 39.1 Å². The molecule has 0 aliphatic heterocycles. The molecule has 36 heavy (non-hydrogen) atoms. The second kappa shape index (κ2) is 19.9. The van der Waals surface area contributed by atoms with Crippen molar-refractivity contribution in [3.8, 4) is 0 Å². The summed E-state index contributed by atoms with van der Waals surface area (Å²) >= 11 is 0. The van der Waals surface area contributed by atoms with E-state index in [4.69, 9.17) is 18.9 Å². The Morgan fingerprint density at radius 2 is 0.861 bits per heavy atom. The number of hydrogen-bond acceptors (Lipinski definition) is 8. The Bertz CT molecular complexity index is 918. The van der Waals surface area contributed by atoms with Gasteiger partial charge in [-0.05, 0) is 51.0 Å². The lowest BCUT2D eigenvalue weighted by Crippen LogP contribution is -2.10. The highest BCUT2D eigenvalue weighted by molar-refractivity contribution is 5.96. The summed E-state index contributed by atoms with van der Waals surface area (Å²) in [6.07, 6.45) is 1.65. The molecule has 0 fully saturated rings. The van der Waals surface area contributed by atoms with Crippen molar-refractivity contribution in [3.63, 3.8) is 0 Å². The molecule has 8 heteroatoms. The number of carbonyl (C=O) groups is 4. The van der Waals surface area contributed by atoms with Crippen LogP contribution in [0.1, 0.15) is 83.0 Å². The SMILES string of the molecule is C.C.COCCCCOC(=O)c1ccc(C(C)=O)cc1.COCCOC(=O)c1ccc(C(C)=O)cc1. The van der Waals surface area contributed by atoms with Gasteiger partial charge >= 0.3 is 11.9 Å². The smallest absolute Gasteiger partial charge is 0.338 e. The number of benzene rings is 2. The molecule has 0 N–H and O–H groups in total. The van der Waals surface area contributed by atoms with Gasteiger partial charge in [0.2, 0.25) is 0 Å². The van der Waals surface area contributed by atoms with E-state index in [9.17, 15) is 19.2 Å². The third-order valence-corrected chi connectivity index (χ3v) is 4.55. The first-order valence-corrected chi connectivity index (χ1v) is 10.8. The molecule has 0 aromatic heterocycles. The van der Waals surface area contributed by atoms with Crippen molar-refractivity contribution >= 4 is 23.5 Å². The van der Waals surface area contributed by atoms with Crippen LogP contribution in [0.15, 0.2) is 48.5 Å². The van der Waals surface area contributed by atoms with E-state index in [-0.39, 0.29) is 39.0 Å². The zero-order chi connectivity index (χ0) is 25.3. The fraction of sp³-hybridized carbons (Fsp3) is 0.429. The molecule has 0 spiro atoms. The minimum Gasteiger partial charge on any atom is -0.462 e. The van der Waals surface area contributed by atoms with E-state index in [2.05, 4.69) is 0 Å². The maximum atomic E-state index is 11.6. The van der Waals surface area contributed by atoms with Gasteiger partial charge < -0.3 is 18.9 Å². The predicted molar refractivity (Wildman–Crippen MR) is 140 cm³/mol. The highest BCUT2D eigenvalue weighted by atomic mass is 16.6. The summed E-state index contributed by atoms with van der Waals surface area (Å²) in [4.78, 5) is 45.1. The van der Waals surface area contributed by atoms with Crippen molar-refractivity contribution in [3.05, 3.63) is 70.8 Å². The first kappa shape index (κ1) is 34.8. The molecule has 0 aliphatic carbocycles. The van der Waals surface area contributed by atoms with Crippen molar-refractivity contribution in [1.29, 1.82) is 0 Å².